The Balaban J connectivity index is 2.07. The van der Waals surface area contributed by atoms with Crippen LogP contribution in [0.25, 0.3) is 16.7 Å². The Morgan fingerprint density at radius 2 is 1.78 bits per heavy atom. The molecule has 2 aromatic carbocycles. The van der Waals surface area contributed by atoms with E-state index in [0.29, 0.717) is 22.5 Å². The van der Waals surface area contributed by atoms with Crippen LogP contribution in [0.3, 0.4) is 0 Å². The van der Waals surface area contributed by atoms with Crippen LogP contribution in [-0.4, -0.2) is 37.6 Å². The predicted molar refractivity (Wildman–Crippen MR) is 91.8 cm³/mol. The standard InChI is InChI=1S/C15H15F2N5O4S/c1-25-14-5-11-13(6-15(14)26-2)22(21-20-11)12-4-9(16)8(3-10(12)17)7-19-27(18,23)24/h3-6,19H,7H2,1-2H3,(H2,18,23,24). The molecule has 0 spiro atoms. The largest absolute Gasteiger partial charge is 0.493 e. The fourth-order valence-electron chi connectivity index (χ4n) is 2.48. The first-order valence-electron chi connectivity index (χ1n) is 7.46. The lowest BCUT2D eigenvalue weighted by Gasteiger charge is -2.10. The number of fused-ring (bicyclic) bond motifs is 1. The lowest BCUT2D eigenvalue weighted by molar-refractivity contribution is 0.355. The highest BCUT2D eigenvalue weighted by Gasteiger charge is 2.18. The van der Waals surface area contributed by atoms with Gasteiger partial charge >= 0.3 is 0 Å². The first-order valence-corrected chi connectivity index (χ1v) is 9.01. The number of benzene rings is 2. The number of nitrogens with zero attached hydrogens (tertiary/aromatic N) is 3. The summed E-state index contributed by atoms with van der Waals surface area (Å²) in [7, 11) is -1.15. The highest BCUT2D eigenvalue weighted by Crippen LogP contribution is 2.32. The second kappa shape index (κ2) is 7.06. The number of ether oxygens (including phenoxy) is 2. The average molecular weight is 399 g/mol. The van der Waals surface area contributed by atoms with Gasteiger partial charge in [0.2, 0.25) is 0 Å². The van der Waals surface area contributed by atoms with E-state index < -0.39 is 28.4 Å². The summed E-state index contributed by atoms with van der Waals surface area (Å²) >= 11 is 0. The molecule has 0 saturated carbocycles. The minimum atomic E-state index is -4.04. The van der Waals surface area contributed by atoms with Crippen molar-refractivity contribution in [2.45, 2.75) is 6.54 Å². The predicted octanol–water partition coefficient (Wildman–Crippen LogP) is 1.01. The number of nitrogens with two attached hydrogens (primary N) is 1. The average Bonchev–Trinajstić information content (AvgIpc) is 3.02. The second-order valence-corrected chi connectivity index (χ2v) is 6.84. The van der Waals surface area contributed by atoms with Crippen LogP contribution < -0.4 is 19.3 Å². The summed E-state index contributed by atoms with van der Waals surface area (Å²) in [6, 6.07) is 4.83. The van der Waals surface area contributed by atoms with Crippen molar-refractivity contribution in [1.82, 2.24) is 19.7 Å². The minimum Gasteiger partial charge on any atom is -0.493 e. The quantitative estimate of drug-likeness (QED) is 0.638. The molecule has 12 heteroatoms. The van der Waals surface area contributed by atoms with Gasteiger partial charge in [-0.1, -0.05) is 5.21 Å². The molecule has 0 aliphatic heterocycles. The van der Waals surface area contributed by atoms with Crippen molar-refractivity contribution in [2.75, 3.05) is 14.2 Å². The molecule has 9 nitrogen and oxygen atoms in total. The van der Waals surface area contributed by atoms with E-state index in [0.717, 1.165) is 16.8 Å². The van der Waals surface area contributed by atoms with Gasteiger partial charge in [-0.2, -0.15) is 13.1 Å². The zero-order valence-electron chi connectivity index (χ0n) is 14.2. The van der Waals surface area contributed by atoms with Crippen LogP contribution in [0.2, 0.25) is 0 Å². The first-order chi connectivity index (χ1) is 12.7. The summed E-state index contributed by atoms with van der Waals surface area (Å²) in [5.74, 6) is -0.896. The van der Waals surface area contributed by atoms with E-state index in [9.17, 15) is 17.2 Å². The molecule has 3 N–H and O–H groups in total. The van der Waals surface area contributed by atoms with Gasteiger partial charge in [-0.3, -0.25) is 0 Å². The molecule has 0 aliphatic carbocycles. The molecule has 3 rings (SSSR count). The van der Waals surface area contributed by atoms with Gasteiger partial charge < -0.3 is 9.47 Å². The van der Waals surface area contributed by atoms with E-state index in [1.165, 1.54) is 20.3 Å². The van der Waals surface area contributed by atoms with Crippen molar-refractivity contribution in [3.05, 3.63) is 41.5 Å². The van der Waals surface area contributed by atoms with Gasteiger partial charge in [0.1, 0.15) is 22.8 Å². The molecule has 0 unspecified atom stereocenters. The summed E-state index contributed by atoms with van der Waals surface area (Å²) in [5.41, 5.74) is 0.323. The van der Waals surface area contributed by atoms with E-state index in [4.69, 9.17) is 14.6 Å². The highest BCUT2D eigenvalue weighted by atomic mass is 32.2. The Labute approximate surface area is 152 Å². The van der Waals surface area contributed by atoms with Crippen LogP contribution in [0.5, 0.6) is 11.5 Å². The van der Waals surface area contributed by atoms with Gasteiger partial charge in [-0.05, 0) is 6.07 Å². The van der Waals surface area contributed by atoms with E-state index in [1.54, 1.807) is 6.07 Å². The lowest BCUT2D eigenvalue weighted by Crippen LogP contribution is -2.30. The molecule has 27 heavy (non-hydrogen) atoms. The third kappa shape index (κ3) is 3.82. The number of halogens is 2. The molecule has 0 amide bonds. The maximum Gasteiger partial charge on any atom is 0.274 e. The fourth-order valence-corrected chi connectivity index (χ4v) is 2.84. The Morgan fingerprint density at radius 1 is 1.11 bits per heavy atom. The number of hydrogen-bond donors (Lipinski definition) is 2. The van der Waals surface area contributed by atoms with Crippen LogP contribution in [0.15, 0.2) is 24.3 Å². The molecule has 0 atom stereocenters. The van der Waals surface area contributed by atoms with Crippen LogP contribution in [0, 0.1) is 11.6 Å². The maximum absolute atomic E-state index is 14.5. The zero-order chi connectivity index (χ0) is 19.8. The molecule has 0 fully saturated rings. The summed E-state index contributed by atoms with van der Waals surface area (Å²) < 4.78 is 64.1. The Hall–Kier alpha value is -2.83. The highest BCUT2D eigenvalue weighted by molar-refractivity contribution is 7.87. The maximum atomic E-state index is 14.5. The number of nitrogens with one attached hydrogen (secondary N) is 1. The third-order valence-electron chi connectivity index (χ3n) is 3.76. The van der Waals surface area contributed by atoms with E-state index >= 15 is 0 Å². The van der Waals surface area contributed by atoms with Crippen LogP contribution in [0.4, 0.5) is 8.78 Å². The molecule has 0 radical (unpaired) electrons. The van der Waals surface area contributed by atoms with Crippen LogP contribution in [0.1, 0.15) is 5.56 Å². The molecule has 0 saturated heterocycles. The normalized spacial score (nSPS) is 11.7. The molecule has 0 bridgehead atoms. The summed E-state index contributed by atoms with van der Waals surface area (Å²) in [6.07, 6.45) is 0. The molecule has 1 aromatic heterocycles. The summed E-state index contributed by atoms with van der Waals surface area (Å²) in [6.45, 7) is -0.495. The summed E-state index contributed by atoms with van der Waals surface area (Å²) in [4.78, 5) is 0. The zero-order valence-corrected chi connectivity index (χ0v) is 15.0. The smallest absolute Gasteiger partial charge is 0.274 e. The van der Waals surface area contributed by atoms with Crippen LogP contribution >= 0.6 is 0 Å². The second-order valence-electron chi connectivity index (χ2n) is 5.46. The van der Waals surface area contributed by atoms with Crippen molar-refractivity contribution in [1.29, 1.82) is 0 Å². The molecular formula is C15H15F2N5O4S. The molecule has 144 valence electrons. The van der Waals surface area contributed by atoms with E-state index in [1.807, 2.05) is 4.72 Å². The fraction of sp³-hybridized carbons (Fsp3) is 0.200. The van der Waals surface area contributed by atoms with E-state index in [2.05, 4.69) is 10.3 Å². The molecular weight excluding hydrogens is 384 g/mol. The van der Waals surface area contributed by atoms with Gasteiger partial charge in [0, 0.05) is 30.3 Å². The number of rotatable bonds is 6. The Bertz CT molecular complexity index is 1120. The van der Waals surface area contributed by atoms with Gasteiger partial charge in [-0.15, -0.1) is 5.10 Å². The van der Waals surface area contributed by atoms with Crippen LogP contribution in [-0.2, 0) is 16.8 Å². The number of aromatic nitrogens is 3. The van der Waals surface area contributed by atoms with Crippen molar-refractivity contribution >= 4 is 21.2 Å². The SMILES string of the molecule is COc1cc2nnn(-c3cc(F)c(CNS(N)(=O)=O)cc3F)c2cc1OC. The molecule has 0 aliphatic rings. The topological polar surface area (TPSA) is 121 Å². The van der Waals surface area contributed by atoms with E-state index in [-0.39, 0.29) is 11.3 Å². The Morgan fingerprint density at radius 3 is 2.41 bits per heavy atom. The monoisotopic (exact) mass is 399 g/mol. The van der Waals surface area contributed by atoms with Crippen molar-refractivity contribution in [2.24, 2.45) is 5.14 Å². The van der Waals surface area contributed by atoms with Crippen molar-refractivity contribution in [3.8, 4) is 17.2 Å². The van der Waals surface area contributed by atoms with Gasteiger partial charge in [-0.25, -0.2) is 18.6 Å². The minimum absolute atomic E-state index is 0.207. The lowest BCUT2D eigenvalue weighted by atomic mass is 10.1. The first kappa shape index (κ1) is 18.9. The third-order valence-corrected chi connectivity index (χ3v) is 4.31. The van der Waals surface area contributed by atoms with Crippen molar-refractivity contribution in [3.63, 3.8) is 0 Å². The molecule has 3 aromatic rings. The summed E-state index contributed by atoms with van der Waals surface area (Å²) in [5, 5.41) is 12.6. The number of hydrogen-bond acceptors (Lipinski definition) is 6. The van der Waals surface area contributed by atoms with Crippen molar-refractivity contribution < 1.29 is 26.7 Å². The molecule has 1 heterocycles. The number of methoxy groups -OCH3 is 2. The van der Waals surface area contributed by atoms with Gasteiger partial charge in [0.15, 0.2) is 11.5 Å². The Kier molecular flexibility index (Phi) is 4.95. The van der Waals surface area contributed by atoms with Gasteiger partial charge in [0.05, 0.1) is 19.7 Å². The van der Waals surface area contributed by atoms with Gasteiger partial charge in [0.25, 0.3) is 10.2 Å².